The molecule has 0 radical (unpaired) electrons. The van der Waals surface area contributed by atoms with Crippen molar-refractivity contribution >= 4 is 35.7 Å². The lowest BCUT2D eigenvalue weighted by Crippen LogP contribution is -2.50. The summed E-state index contributed by atoms with van der Waals surface area (Å²) in [4.78, 5) is 27.9. The maximum Gasteiger partial charge on any atom is 0.236 e. The topological polar surface area (TPSA) is 40.6 Å². The first-order chi connectivity index (χ1) is 10.1. The molecule has 21 heavy (non-hydrogen) atoms. The van der Waals surface area contributed by atoms with Crippen LogP contribution >= 0.6 is 23.4 Å². The third kappa shape index (κ3) is 4.38. The smallest absolute Gasteiger partial charge is 0.236 e. The minimum Gasteiger partial charge on any atom is -0.342 e. The van der Waals surface area contributed by atoms with Crippen LogP contribution in [0.2, 0.25) is 5.02 Å². The lowest BCUT2D eigenvalue weighted by atomic mass is 10.2. The Morgan fingerprint density at radius 1 is 1.29 bits per heavy atom. The number of benzene rings is 1. The summed E-state index contributed by atoms with van der Waals surface area (Å²) < 4.78 is 0. The Labute approximate surface area is 134 Å². The zero-order valence-electron chi connectivity index (χ0n) is 12.0. The van der Waals surface area contributed by atoms with Crippen LogP contribution in [-0.2, 0) is 9.59 Å². The third-order valence-corrected chi connectivity index (χ3v) is 5.13. The molecule has 0 saturated carbocycles. The van der Waals surface area contributed by atoms with Crippen LogP contribution in [0.4, 0.5) is 0 Å². The Hall–Kier alpha value is -1.20. The molecule has 1 fully saturated rings. The number of hydrogen-bond donors (Lipinski definition) is 0. The maximum absolute atomic E-state index is 12.6. The second-order valence-electron chi connectivity index (χ2n) is 4.94. The summed E-state index contributed by atoms with van der Waals surface area (Å²) in [6.07, 6.45) is 1.63. The van der Waals surface area contributed by atoms with Crippen LogP contribution in [0.15, 0.2) is 29.2 Å². The van der Waals surface area contributed by atoms with E-state index in [1.165, 1.54) is 0 Å². The first-order valence-electron chi connectivity index (χ1n) is 7.04. The Morgan fingerprint density at radius 2 is 1.90 bits per heavy atom. The van der Waals surface area contributed by atoms with Gasteiger partial charge in [0.15, 0.2) is 0 Å². The molecule has 1 aromatic rings. The van der Waals surface area contributed by atoms with E-state index in [0.717, 1.165) is 17.7 Å². The highest BCUT2D eigenvalue weighted by molar-refractivity contribution is 8.00. The number of rotatable bonds is 5. The van der Waals surface area contributed by atoms with Gasteiger partial charge in [0.2, 0.25) is 12.3 Å². The summed E-state index contributed by atoms with van der Waals surface area (Å²) in [6.45, 7) is 4.51. The molecule has 114 valence electrons. The fourth-order valence-corrected chi connectivity index (χ4v) is 3.40. The van der Waals surface area contributed by atoms with Crippen LogP contribution in [0.1, 0.15) is 13.3 Å². The van der Waals surface area contributed by atoms with Gasteiger partial charge in [0.05, 0.1) is 5.25 Å². The number of amides is 2. The van der Waals surface area contributed by atoms with Gasteiger partial charge in [0.25, 0.3) is 0 Å². The van der Waals surface area contributed by atoms with Gasteiger partial charge in [-0.3, -0.25) is 9.59 Å². The SMILES string of the molecule is CC[C@@H](Sc1ccc(Cl)cc1)C(=O)N1CCN(C=O)CC1. The first kappa shape index (κ1) is 16.2. The Bertz CT molecular complexity index is 487. The summed E-state index contributed by atoms with van der Waals surface area (Å²) in [5, 5.41) is 0.609. The number of thioether (sulfide) groups is 1. The van der Waals surface area contributed by atoms with Crippen molar-refractivity contribution in [1.82, 2.24) is 9.80 Å². The Kier molecular flexibility index (Phi) is 5.94. The quantitative estimate of drug-likeness (QED) is 0.616. The van der Waals surface area contributed by atoms with Crippen LogP contribution in [0.25, 0.3) is 0 Å². The second-order valence-corrected chi connectivity index (χ2v) is 6.65. The molecule has 0 bridgehead atoms. The predicted molar refractivity (Wildman–Crippen MR) is 85.6 cm³/mol. The Balaban J connectivity index is 1.95. The molecule has 1 aliphatic heterocycles. The van der Waals surface area contributed by atoms with Crippen molar-refractivity contribution in [2.75, 3.05) is 26.2 Å². The molecule has 0 spiro atoms. The fraction of sp³-hybridized carbons (Fsp3) is 0.467. The van der Waals surface area contributed by atoms with E-state index < -0.39 is 0 Å². The van der Waals surface area contributed by atoms with E-state index in [2.05, 4.69) is 0 Å². The van der Waals surface area contributed by atoms with Crippen LogP contribution < -0.4 is 0 Å². The van der Waals surface area contributed by atoms with E-state index in [9.17, 15) is 9.59 Å². The van der Waals surface area contributed by atoms with Crippen LogP contribution in [0, 0.1) is 0 Å². The lowest BCUT2D eigenvalue weighted by molar-refractivity contribution is -0.134. The molecule has 0 unspecified atom stereocenters. The molecular formula is C15H19ClN2O2S. The molecule has 1 aliphatic rings. The highest BCUT2D eigenvalue weighted by Gasteiger charge is 2.26. The van der Waals surface area contributed by atoms with Gasteiger partial charge in [-0.15, -0.1) is 11.8 Å². The third-order valence-electron chi connectivity index (χ3n) is 3.51. The predicted octanol–water partition coefficient (Wildman–Crippen LogP) is 2.51. The number of halogens is 1. The van der Waals surface area contributed by atoms with E-state index >= 15 is 0 Å². The minimum atomic E-state index is -0.0889. The normalized spacial score (nSPS) is 16.7. The largest absolute Gasteiger partial charge is 0.342 e. The van der Waals surface area contributed by atoms with E-state index in [1.807, 2.05) is 36.1 Å². The molecule has 4 nitrogen and oxygen atoms in total. The highest BCUT2D eigenvalue weighted by Crippen LogP contribution is 2.28. The van der Waals surface area contributed by atoms with E-state index in [1.54, 1.807) is 16.7 Å². The van der Waals surface area contributed by atoms with Gasteiger partial charge in [-0.25, -0.2) is 0 Å². The van der Waals surface area contributed by atoms with Crippen molar-refractivity contribution in [2.45, 2.75) is 23.5 Å². The van der Waals surface area contributed by atoms with Crippen molar-refractivity contribution in [1.29, 1.82) is 0 Å². The van der Waals surface area contributed by atoms with Gasteiger partial charge >= 0.3 is 0 Å². The van der Waals surface area contributed by atoms with Crippen LogP contribution in [0.5, 0.6) is 0 Å². The molecule has 1 saturated heterocycles. The maximum atomic E-state index is 12.6. The minimum absolute atomic E-state index is 0.0889. The molecule has 0 aliphatic carbocycles. The first-order valence-corrected chi connectivity index (χ1v) is 8.30. The molecule has 2 amide bonds. The molecule has 2 rings (SSSR count). The monoisotopic (exact) mass is 326 g/mol. The van der Waals surface area contributed by atoms with E-state index in [-0.39, 0.29) is 11.2 Å². The number of carbonyl (C=O) groups is 2. The van der Waals surface area contributed by atoms with Gasteiger partial charge in [-0.2, -0.15) is 0 Å². The van der Waals surface area contributed by atoms with Crippen molar-refractivity contribution in [3.05, 3.63) is 29.3 Å². The van der Waals surface area contributed by atoms with Gasteiger partial charge < -0.3 is 9.80 Å². The zero-order valence-corrected chi connectivity index (χ0v) is 13.6. The zero-order chi connectivity index (χ0) is 15.2. The molecule has 1 heterocycles. The number of nitrogens with zero attached hydrogens (tertiary/aromatic N) is 2. The van der Waals surface area contributed by atoms with Crippen molar-refractivity contribution in [3.63, 3.8) is 0 Å². The standard InChI is InChI=1S/C15H19ClN2O2S/c1-2-14(21-13-5-3-12(16)4-6-13)15(20)18-9-7-17(11-19)8-10-18/h3-6,11,14H,2,7-10H2,1H3/t14-/m1/s1. The van der Waals surface area contributed by atoms with Crippen molar-refractivity contribution in [2.24, 2.45) is 0 Å². The average Bonchev–Trinajstić information content (AvgIpc) is 2.54. The van der Waals surface area contributed by atoms with Gasteiger partial charge in [-0.1, -0.05) is 18.5 Å². The van der Waals surface area contributed by atoms with Gasteiger partial charge in [0.1, 0.15) is 0 Å². The molecular weight excluding hydrogens is 308 g/mol. The molecule has 0 aromatic heterocycles. The highest BCUT2D eigenvalue weighted by atomic mass is 35.5. The summed E-state index contributed by atoms with van der Waals surface area (Å²) in [6, 6.07) is 7.55. The van der Waals surface area contributed by atoms with E-state index in [4.69, 9.17) is 11.6 Å². The molecule has 1 atom stereocenters. The van der Waals surface area contributed by atoms with E-state index in [0.29, 0.717) is 31.2 Å². The fourth-order valence-electron chi connectivity index (χ4n) is 2.24. The van der Waals surface area contributed by atoms with Crippen molar-refractivity contribution in [3.8, 4) is 0 Å². The lowest BCUT2D eigenvalue weighted by Gasteiger charge is -2.34. The summed E-state index contributed by atoms with van der Waals surface area (Å²) in [5.41, 5.74) is 0. The number of carbonyl (C=O) groups excluding carboxylic acids is 2. The second kappa shape index (κ2) is 7.71. The summed E-state index contributed by atoms with van der Waals surface area (Å²) >= 11 is 7.45. The van der Waals surface area contributed by atoms with Crippen LogP contribution in [-0.4, -0.2) is 53.5 Å². The summed E-state index contributed by atoms with van der Waals surface area (Å²) in [7, 11) is 0. The van der Waals surface area contributed by atoms with Crippen LogP contribution in [0.3, 0.4) is 0 Å². The molecule has 0 N–H and O–H groups in total. The van der Waals surface area contributed by atoms with Gasteiger partial charge in [0, 0.05) is 36.1 Å². The molecule has 1 aromatic carbocycles. The van der Waals surface area contributed by atoms with Crippen molar-refractivity contribution < 1.29 is 9.59 Å². The van der Waals surface area contributed by atoms with Gasteiger partial charge in [-0.05, 0) is 30.7 Å². The summed E-state index contributed by atoms with van der Waals surface area (Å²) in [5.74, 6) is 0.156. The number of hydrogen-bond acceptors (Lipinski definition) is 3. The average molecular weight is 327 g/mol. The Morgan fingerprint density at radius 3 is 2.43 bits per heavy atom. The number of piperazine rings is 1. The molecule has 6 heteroatoms.